The maximum atomic E-state index is 5.81. The van der Waals surface area contributed by atoms with Gasteiger partial charge < -0.3 is 4.74 Å². The molecule has 2 aromatic carbocycles. The van der Waals surface area contributed by atoms with Crippen molar-refractivity contribution in [1.82, 2.24) is 0 Å². The third-order valence-corrected chi connectivity index (χ3v) is 2.73. The molecule has 0 unspecified atom stereocenters. The molecule has 0 atom stereocenters. The quantitative estimate of drug-likeness (QED) is 0.516. The average molecular weight is 339 g/mol. The van der Waals surface area contributed by atoms with E-state index in [2.05, 4.69) is 19.1 Å². The Morgan fingerprint density at radius 3 is 1.52 bits per heavy atom. The van der Waals surface area contributed by atoms with Gasteiger partial charge in [0.1, 0.15) is 5.75 Å². The predicted octanol–water partition coefficient (Wildman–Crippen LogP) is 7.73. The second-order valence-electron chi connectivity index (χ2n) is 3.77. The first kappa shape index (κ1) is 26.4. The summed E-state index contributed by atoms with van der Waals surface area (Å²) < 4.78 is 4.97. The standard InChI is InChI=1S/C8H9ClO.C7H8.3C2H6/c1-6-3-4-7(10-2)5-8(6)9;1-7-5-3-2-4-6-7;3*1-2/h3-5H,1-2H3;2-6H,1H3;3*1-2H3. The van der Waals surface area contributed by atoms with Crippen LogP contribution in [-0.4, -0.2) is 7.11 Å². The monoisotopic (exact) mass is 338 g/mol. The molecule has 0 aliphatic carbocycles. The molecule has 0 amide bonds. The van der Waals surface area contributed by atoms with Gasteiger partial charge in [-0.1, -0.05) is 95.1 Å². The second-order valence-corrected chi connectivity index (χ2v) is 4.18. The van der Waals surface area contributed by atoms with Crippen molar-refractivity contribution in [2.45, 2.75) is 55.4 Å². The van der Waals surface area contributed by atoms with Gasteiger partial charge in [0.15, 0.2) is 0 Å². The highest BCUT2D eigenvalue weighted by molar-refractivity contribution is 6.31. The van der Waals surface area contributed by atoms with Crippen molar-refractivity contribution >= 4 is 11.6 Å². The summed E-state index contributed by atoms with van der Waals surface area (Å²) in [5.74, 6) is 0.801. The summed E-state index contributed by atoms with van der Waals surface area (Å²) in [7, 11) is 1.63. The van der Waals surface area contributed by atoms with Crippen LogP contribution in [0.25, 0.3) is 0 Å². The molecule has 0 saturated heterocycles. The summed E-state index contributed by atoms with van der Waals surface area (Å²) in [5.41, 5.74) is 2.39. The van der Waals surface area contributed by atoms with Gasteiger partial charge in [0.2, 0.25) is 0 Å². The molecular formula is C21H35ClO. The summed E-state index contributed by atoms with van der Waals surface area (Å²) in [6.45, 7) is 16.0. The minimum absolute atomic E-state index is 0.749. The summed E-state index contributed by atoms with van der Waals surface area (Å²) in [5, 5.41) is 0.749. The zero-order valence-electron chi connectivity index (χ0n) is 16.4. The summed E-state index contributed by atoms with van der Waals surface area (Å²) >= 11 is 5.81. The van der Waals surface area contributed by atoms with Crippen molar-refractivity contribution in [2.24, 2.45) is 0 Å². The third-order valence-electron chi connectivity index (χ3n) is 2.32. The number of benzene rings is 2. The smallest absolute Gasteiger partial charge is 0.120 e. The Bertz CT molecular complexity index is 453. The zero-order chi connectivity index (χ0) is 18.7. The van der Waals surface area contributed by atoms with Gasteiger partial charge in [0.25, 0.3) is 0 Å². The molecular weight excluding hydrogens is 304 g/mol. The van der Waals surface area contributed by atoms with E-state index in [0.29, 0.717) is 0 Å². The van der Waals surface area contributed by atoms with Crippen LogP contribution in [0.15, 0.2) is 48.5 Å². The van der Waals surface area contributed by atoms with Crippen LogP contribution in [0.4, 0.5) is 0 Å². The fourth-order valence-corrected chi connectivity index (χ4v) is 1.41. The molecule has 0 spiro atoms. The lowest BCUT2D eigenvalue weighted by atomic mass is 10.2. The van der Waals surface area contributed by atoms with E-state index in [1.165, 1.54) is 5.56 Å². The van der Waals surface area contributed by atoms with Crippen molar-refractivity contribution in [3.05, 3.63) is 64.7 Å². The Morgan fingerprint density at radius 2 is 1.22 bits per heavy atom. The molecule has 0 bridgehead atoms. The number of hydrogen-bond donors (Lipinski definition) is 0. The molecule has 0 aromatic heterocycles. The van der Waals surface area contributed by atoms with E-state index in [1.54, 1.807) is 13.2 Å². The van der Waals surface area contributed by atoms with Crippen LogP contribution in [0.1, 0.15) is 52.7 Å². The van der Waals surface area contributed by atoms with Crippen LogP contribution in [0.3, 0.4) is 0 Å². The van der Waals surface area contributed by atoms with Gasteiger partial charge in [-0.25, -0.2) is 0 Å². The van der Waals surface area contributed by atoms with Crippen LogP contribution < -0.4 is 4.74 Å². The van der Waals surface area contributed by atoms with E-state index in [0.717, 1.165) is 16.3 Å². The highest BCUT2D eigenvalue weighted by atomic mass is 35.5. The van der Waals surface area contributed by atoms with E-state index < -0.39 is 0 Å². The minimum Gasteiger partial charge on any atom is -0.497 e. The lowest BCUT2D eigenvalue weighted by Gasteiger charge is -2.00. The molecule has 0 heterocycles. The van der Waals surface area contributed by atoms with Crippen LogP contribution in [0.2, 0.25) is 5.02 Å². The molecule has 132 valence electrons. The maximum Gasteiger partial charge on any atom is 0.120 e. The van der Waals surface area contributed by atoms with Gasteiger partial charge in [0, 0.05) is 5.02 Å². The Morgan fingerprint density at radius 1 is 0.739 bits per heavy atom. The zero-order valence-corrected chi connectivity index (χ0v) is 17.2. The van der Waals surface area contributed by atoms with Gasteiger partial charge in [-0.2, -0.15) is 0 Å². The fraction of sp³-hybridized carbons (Fsp3) is 0.429. The number of aryl methyl sites for hydroxylation is 2. The van der Waals surface area contributed by atoms with Crippen LogP contribution >= 0.6 is 11.6 Å². The molecule has 2 rings (SSSR count). The third kappa shape index (κ3) is 15.2. The molecule has 0 radical (unpaired) electrons. The van der Waals surface area contributed by atoms with Crippen LogP contribution in [-0.2, 0) is 0 Å². The van der Waals surface area contributed by atoms with Crippen molar-refractivity contribution in [2.75, 3.05) is 7.11 Å². The lowest BCUT2D eigenvalue weighted by Crippen LogP contribution is -1.82. The Kier molecular flexibility index (Phi) is 23.6. The minimum atomic E-state index is 0.749. The number of hydrogen-bond acceptors (Lipinski definition) is 1. The number of rotatable bonds is 1. The highest BCUT2D eigenvalue weighted by Crippen LogP contribution is 2.20. The van der Waals surface area contributed by atoms with Gasteiger partial charge in [-0.3, -0.25) is 0 Å². The number of halogens is 1. The molecule has 0 aliphatic rings. The molecule has 0 fully saturated rings. The van der Waals surface area contributed by atoms with Gasteiger partial charge in [-0.15, -0.1) is 0 Å². The van der Waals surface area contributed by atoms with Gasteiger partial charge in [0.05, 0.1) is 7.11 Å². The van der Waals surface area contributed by atoms with Crippen LogP contribution in [0, 0.1) is 13.8 Å². The van der Waals surface area contributed by atoms with E-state index in [4.69, 9.17) is 16.3 Å². The summed E-state index contributed by atoms with van der Waals surface area (Å²) in [6.07, 6.45) is 0. The normalized spacial score (nSPS) is 7.57. The number of ether oxygens (including phenoxy) is 1. The molecule has 23 heavy (non-hydrogen) atoms. The Hall–Kier alpha value is -1.47. The van der Waals surface area contributed by atoms with Crippen molar-refractivity contribution in [3.63, 3.8) is 0 Å². The molecule has 1 nitrogen and oxygen atoms in total. The van der Waals surface area contributed by atoms with Crippen molar-refractivity contribution in [1.29, 1.82) is 0 Å². The SMILES string of the molecule is CC.CC.CC.COc1ccc(C)c(Cl)c1.Cc1ccccc1. The van der Waals surface area contributed by atoms with Crippen LogP contribution in [0.5, 0.6) is 5.75 Å². The Labute approximate surface area is 149 Å². The fourth-order valence-electron chi connectivity index (χ4n) is 1.23. The average Bonchev–Trinajstić information content (AvgIpc) is 2.64. The van der Waals surface area contributed by atoms with E-state index in [9.17, 15) is 0 Å². The first-order valence-electron chi connectivity index (χ1n) is 8.45. The first-order valence-corrected chi connectivity index (χ1v) is 8.83. The summed E-state index contributed by atoms with van der Waals surface area (Å²) in [6, 6.07) is 15.9. The highest BCUT2D eigenvalue weighted by Gasteiger charge is 1.95. The Balaban J connectivity index is -0.000000270. The predicted molar refractivity (Wildman–Crippen MR) is 108 cm³/mol. The maximum absolute atomic E-state index is 5.81. The molecule has 0 aliphatic heterocycles. The number of methoxy groups -OCH3 is 1. The van der Waals surface area contributed by atoms with Crippen molar-refractivity contribution in [3.8, 4) is 5.75 Å². The summed E-state index contributed by atoms with van der Waals surface area (Å²) in [4.78, 5) is 0. The molecule has 2 aromatic rings. The topological polar surface area (TPSA) is 9.23 Å². The van der Waals surface area contributed by atoms with E-state index in [-0.39, 0.29) is 0 Å². The van der Waals surface area contributed by atoms with E-state index in [1.807, 2.05) is 78.8 Å². The van der Waals surface area contributed by atoms with Gasteiger partial charge in [-0.05, 0) is 31.5 Å². The van der Waals surface area contributed by atoms with Crippen molar-refractivity contribution < 1.29 is 4.74 Å². The largest absolute Gasteiger partial charge is 0.497 e. The lowest BCUT2D eigenvalue weighted by molar-refractivity contribution is 0.414. The molecule has 0 saturated carbocycles. The van der Waals surface area contributed by atoms with Gasteiger partial charge >= 0.3 is 0 Å². The second kappa shape index (κ2) is 20.5. The molecule has 2 heteroatoms. The van der Waals surface area contributed by atoms with E-state index >= 15 is 0 Å². The molecule has 0 N–H and O–H groups in total. The first-order chi connectivity index (χ1) is 11.1.